The number of piperazine rings is 1. The fourth-order valence-corrected chi connectivity index (χ4v) is 4.99. The summed E-state index contributed by atoms with van der Waals surface area (Å²) in [4.78, 5) is 8.96. The highest BCUT2D eigenvalue weighted by Gasteiger charge is 2.34. The summed E-state index contributed by atoms with van der Waals surface area (Å²) in [7, 11) is 1.58. The zero-order valence-corrected chi connectivity index (χ0v) is 19.5. The molecule has 0 bridgehead atoms. The molecule has 0 N–H and O–H groups in total. The van der Waals surface area contributed by atoms with E-state index in [1.807, 2.05) is 17.0 Å². The van der Waals surface area contributed by atoms with Crippen molar-refractivity contribution in [2.45, 2.75) is 12.6 Å². The first-order valence-electron chi connectivity index (χ1n) is 11.6. The van der Waals surface area contributed by atoms with Crippen LogP contribution in [0.2, 0.25) is 0 Å². The molecule has 0 spiro atoms. The molecule has 2 aliphatic rings. The zero-order chi connectivity index (χ0) is 24.8. The molecular weight excluding hydrogens is 466 g/mol. The molecular formula is C26H22F2N6O2. The van der Waals surface area contributed by atoms with E-state index in [9.17, 15) is 14.0 Å². The Labute approximate surface area is 205 Å². The topological polar surface area (TPSA) is 78.9 Å². The van der Waals surface area contributed by atoms with E-state index < -0.39 is 11.6 Å². The lowest BCUT2D eigenvalue weighted by Crippen LogP contribution is -2.57. The van der Waals surface area contributed by atoms with Crippen LogP contribution in [-0.2, 0) is 6.54 Å². The predicted octanol–water partition coefficient (Wildman–Crippen LogP) is 3.64. The summed E-state index contributed by atoms with van der Waals surface area (Å²) < 4.78 is 41.4. The van der Waals surface area contributed by atoms with Crippen LogP contribution in [0.15, 0.2) is 48.9 Å². The number of aromatic nitrogens is 3. The Bertz CT molecular complexity index is 1490. The van der Waals surface area contributed by atoms with Crippen LogP contribution >= 0.6 is 0 Å². The van der Waals surface area contributed by atoms with E-state index in [0.29, 0.717) is 48.8 Å². The Morgan fingerprint density at radius 3 is 2.81 bits per heavy atom. The van der Waals surface area contributed by atoms with E-state index in [1.54, 1.807) is 24.0 Å². The molecule has 3 aromatic heterocycles. The van der Waals surface area contributed by atoms with E-state index in [4.69, 9.17) is 14.5 Å². The molecule has 4 aromatic rings. The highest BCUT2D eigenvalue weighted by Crippen LogP contribution is 2.38. The lowest BCUT2D eigenvalue weighted by Gasteiger charge is -2.44. The highest BCUT2D eigenvalue weighted by molar-refractivity contribution is 5.86. The van der Waals surface area contributed by atoms with Gasteiger partial charge in [-0.3, -0.25) is 4.90 Å². The molecule has 0 amide bonds. The van der Waals surface area contributed by atoms with Crippen molar-refractivity contribution in [1.29, 1.82) is 5.26 Å². The summed E-state index contributed by atoms with van der Waals surface area (Å²) in [6.45, 7) is 2.55. The maximum absolute atomic E-state index is 14.1. The smallest absolute Gasteiger partial charge is 0.171 e. The van der Waals surface area contributed by atoms with Crippen LogP contribution in [0.4, 0.5) is 14.6 Å². The third-order valence-corrected chi connectivity index (χ3v) is 6.80. The first kappa shape index (κ1) is 22.2. The summed E-state index contributed by atoms with van der Waals surface area (Å²) >= 11 is 0. The number of nitrogens with zero attached hydrogens (tertiary/aromatic N) is 6. The maximum Gasteiger partial charge on any atom is 0.171 e. The third kappa shape index (κ3) is 3.69. The van der Waals surface area contributed by atoms with Gasteiger partial charge in [0.05, 0.1) is 36.6 Å². The fourth-order valence-electron chi connectivity index (χ4n) is 4.99. The number of anilines is 1. The second-order valence-electron chi connectivity index (χ2n) is 8.90. The summed E-state index contributed by atoms with van der Waals surface area (Å²) in [5.74, 6) is 0.935. The van der Waals surface area contributed by atoms with Gasteiger partial charge >= 0.3 is 0 Å². The van der Waals surface area contributed by atoms with Crippen molar-refractivity contribution in [3.8, 4) is 28.7 Å². The summed E-state index contributed by atoms with van der Waals surface area (Å²) in [6, 6.07) is 9.93. The molecule has 10 heteroatoms. The van der Waals surface area contributed by atoms with E-state index in [2.05, 4.69) is 16.1 Å². The normalized spacial score (nSPS) is 17.3. The number of ether oxygens (including phenoxy) is 2. The molecule has 6 rings (SSSR count). The summed E-state index contributed by atoms with van der Waals surface area (Å²) in [5.41, 5.74) is 2.76. The Kier molecular flexibility index (Phi) is 5.42. The molecule has 1 fully saturated rings. The van der Waals surface area contributed by atoms with Gasteiger partial charge in [-0.2, -0.15) is 10.4 Å². The molecule has 0 radical (unpaired) electrons. The van der Waals surface area contributed by atoms with Crippen LogP contribution in [0.5, 0.6) is 11.5 Å². The van der Waals surface area contributed by atoms with Crippen molar-refractivity contribution in [2.75, 3.05) is 38.3 Å². The maximum atomic E-state index is 14.1. The molecule has 0 saturated carbocycles. The number of hydrogen-bond acceptors (Lipinski definition) is 7. The van der Waals surface area contributed by atoms with Crippen LogP contribution < -0.4 is 14.4 Å². The molecule has 1 saturated heterocycles. The number of halogens is 2. The fraction of sp³-hybridized carbons (Fsp3) is 0.269. The minimum absolute atomic E-state index is 0.0166. The van der Waals surface area contributed by atoms with Crippen molar-refractivity contribution in [2.24, 2.45) is 0 Å². The Morgan fingerprint density at radius 1 is 1.19 bits per heavy atom. The van der Waals surface area contributed by atoms with Crippen LogP contribution in [-0.4, -0.2) is 58.9 Å². The van der Waals surface area contributed by atoms with Crippen LogP contribution in [0.3, 0.4) is 0 Å². The van der Waals surface area contributed by atoms with Crippen molar-refractivity contribution in [1.82, 2.24) is 19.5 Å². The third-order valence-electron chi connectivity index (χ3n) is 6.80. The number of methoxy groups -OCH3 is 1. The van der Waals surface area contributed by atoms with Gasteiger partial charge in [0.15, 0.2) is 11.6 Å². The standard InChI is InChI=1S/C26H22F2N6O2/c1-35-19-8-20(25-17(9-29)11-31-34(25)13-19)16-7-24-26(30-10-16)33-6-5-32(12-18(33)15-36-24)14-21-22(27)3-2-4-23(21)28/h2-4,7-8,10-11,13,18H,5-6,12,14-15H2,1H3/t18-/m1/s1. The van der Waals surface area contributed by atoms with Gasteiger partial charge in [-0.15, -0.1) is 0 Å². The highest BCUT2D eigenvalue weighted by atomic mass is 19.1. The molecule has 0 unspecified atom stereocenters. The van der Waals surface area contributed by atoms with Gasteiger partial charge in [-0.05, 0) is 24.3 Å². The number of hydrogen-bond donors (Lipinski definition) is 0. The Hall–Kier alpha value is -4.23. The largest absolute Gasteiger partial charge is 0.495 e. The lowest BCUT2D eigenvalue weighted by atomic mass is 10.0. The molecule has 8 nitrogen and oxygen atoms in total. The SMILES string of the molecule is COc1cc(-c2cnc3c(c2)OC[C@H]2CN(Cc4c(F)cccc4F)CCN32)c2c(C#N)cnn2c1. The molecule has 1 aromatic carbocycles. The number of rotatable bonds is 4. The number of nitriles is 1. The Morgan fingerprint density at radius 2 is 2.03 bits per heavy atom. The quantitative estimate of drug-likeness (QED) is 0.434. The van der Waals surface area contributed by atoms with Gasteiger partial charge in [0.1, 0.15) is 30.1 Å². The second kappa shape index (κ2) is 8.77. The van der Waals surface area contributed by atoms with Gasteiger partial charge in [0.2, 0.25) is 0 Å². The molecule has 1 atom stereocenters. The summed E-state index contributed by atoms with van der Waals surface area (Å²) in [6.07, 6.45) is 5.01. The minimum Gasteiger partial charge on any atom is -0.495 e. The van der Waals surface area contributed by atoms with E-state index in [0.717, 1.165) is 16.9 Å². The lowest BCUT2D eigenvalue weighted by molar-refractivity contribution is 0.158. The number of benzene rings is 1. The molecule has 5 heterocycles. The van der Waals surface area contributed by atoms with Crippen molar-refractivity contribution >= 4 is 11.3 Å². The average molecular weight is 488 g/mol. The number of pyridine rings is 2. The zero-order valence-electron chi connectivity index (χ0n) is 19.5. The Balaban J connectivity index is 1.28. The monoisotopic (exact) mass is 488 g/mol. The van der Waals surface area contributed by atoms with E-state index >= 15 is 0 Å². The van der Waals surface area contributed by atoms with Gasteiger partial charge < -0.3 is 14.4 Å². The minimum atomic E-state index is -0.527. The molecule has 36 heavy (non-hydrogen) atoms. The second-order valence-corrected chi connectivity index (χ2v) is 8.90. The molecule has 2 aliphatic heterocycles. The predicted molar refractivity (Wildman–Crippen MR) is 128 cm³/mol. The van der Waals surface area contributed by atoms with Crippen molar-refractivity contribution in [3.63, 3.8) is 0 Å². The van der Waals surface area contributed by atoms with Gasteiger partial charge in [-0.1, -0.05) is 6.07 Å². The van der Waals surface area contributed by atoms with E-state index in [1.165, 1.54) is 24.4 Å². The van der Waals surface area contributed by atoms with Gasteiger partial charge in [0, 0.05) is 49.1 Å². The van der Waals surface area contributed by atoms with Crippen molar-refractivity contribution < 1.29 is 18.3 Å². The van der Waals surface area contributed by atoms with Crippen LogP contribution in [0.1, 0.15) is 11.1 Å². The first-order valence-corrected chi connectivity index (χ1v) is 11.6. The molecule has 0 aliphatic carbocycles. The van der Waals surface area contributed by atoms with Crippen LogP contribution in [0, 0.1) is 23.0 Å². The number of fused-ring (bicyclic) bond motifs is 4. The van der Waals surface area contributed by atoms with E-state index in [-0.39, 0.29) is 18.2 Å². The van der Waals surface area contributed by atoms with Gasteiger partial charge in [0.25, 0.3) is 0 Å². The summed E-state index contributed by atoms with van der Waals surface area (Å²) in [5, 5.41) is 13.8. The molecule has 182 valence electrons. The first-order chi connectivity index (χ1) is 17.6. The van der Waals surface area contributed by atoms with Crippen molar-refractivity contribution in [3.05, 3.63) is 71.7 Å². The van der Waals surface area contributed by atoms with Gasteiger partial charge in [-0.25, -0.2) is 18.3 Å². The van der Waals surface area contributed by atoms with Crippen LogP contribution in [0.25, 0.3) is 16.6 Å². The average Bonchev–Trinajstić information content (AvgIpc) is 3.33.